The highest BCUT2D eigenvalue weighted by Gasteiger charge is 2.23. The number of rotatable bonds is 7. The van der Waals surface area contributed by atoms with E-state index < -0.39 is 0 Å². The minimum atomic E-state index is -0.248. The SMILES string of the molecule is COc1ccc(Oc2coc3c4c(ccc3c2=O)OCN(Cc2ccc(OC)c(OC)c2)C4)cc1. The molecule has 0 saturated heterocycles. The van der Waals surface area contributed by atoms with Crippen molar-refractivity contribution in [3.63, 3.8) is 0 Å². The van der Waals surface area contributed by atoms with E-state index in [4.69, 9.17) is 28.1 Å². The molecule has 180 valence electrons. The van der Waals surface area contributed by atoms with Crippen molar-refractivity contribution in [1.29, 1.82) is 0 Å². The molecule has 4 aromatic rings. The molecule has 1 aliphatic heterocycles. The summed E-state index contributed by atoms with van der Waals surface area (Å²) >= 11 is 0. The maximum absolute atomic E-state index is 13.2. The van der Waals surface area contributed by atoms with Crippen LogP contribution in [0.1, 0.15) is 11.1 Å². The summed E-state index contributed by atoms with van der Waals surface area (Å²) in [6.07, 6.45) is 1.35. The average molecular weight is 475 g/mol. The van der Waals surface area contributed by atoms with Crippen LogP contribution in [0.5, 0.6) is 34.5 Å². The third-order valence-corrected chi connectivity index (χ3v) is 5.90. The van der Waals surface area contributed by atoms with E-state index >= 15 is 0 Å². The Morgan fingerprint density at radius 1 is 0.857 bits per heavy atom. The molecule has 0 unspecified atom stereocenters. The lowest BCUT2D eigenvalue weighted by Gasteiger charge is -2.29. The van der Waals surface area contributed by atoms with Gasteiger partial charge in [0.15, 0.2) is 11.5 Å². The van der Waals surface area contributed by atoms with Gasteiger partial charge in [0.05, 0.1) is 32.3 Å². The molecule has 35 heavy (non-hydrogen) atoms. The zero-order chi connectivity index (χ0) is 24.4. The minimum Gasteiger partial charge on any atom is -0.497 e. The normalized spacial score (nSPS) is 13.1. The van der Waals surface area contributed by atoms with Gasteiger partial charge in [-0.2, -0.15) is 0 Å². The molecule has 5 rings (SSSR count). The molecule has 1 aromatic heterocycles. The van der Waals surface area contributed by atoms with Crippen molar-refractivity contribution in [1.82, 2.24) is 4.90 Å². The van der Waals surface area contributed by atoms with Gasteiger partial charge in [-0.25, -0.2) is 0 Å². The number of benzene rings is 3. The van der Waals surface area contributed by atoms with E-state index in [0.29, 0.717) is 59.5 Å². The first-order chi connectivity index (χ1) is 17.1. The Balaban J connectivity index is 1.40. The number of ether oxygens (including phenoxy) is 5. The molecule has 8 nitrogen and oxygen atoms in total. The second-order valence-corrected chi connectivity index (χ2v) is 8.08. The van der Waals surface area contributed by atoms with Gasteiger partial charge < -0.3 is 28.1 Å². The van der Waals surface area contributed by atoms with E-state index in [1.807, 2.05) is 18.2 Å². The fourth-order valence-corrected chi connectivity index (χ4v) is 4.12. The Kier molecular flexibility index (Phi) is 6.20. The molecule has 3 aromatic carbocycles. The third kappa shape index (κ3) is 4.48. The maximum Gasteiger partial charge on any atom is 0.235 e. The third-order valence-electron chi connectivity index (χ3n) is 5.90. The highest BCUT2D eigenvalue weighted by molar-refractivity contribution is 5.83. The highest BCUT2D eigenvalue weighted by atomic mass is 16.5. The zero-order valence-corrected chi connectivity index (χ0v) is 19.7. The van der Waals surface area contributed by atoms with Gasteiger partial charge >= 0.3 is 0 Å². The van der Waals surface area contributed by atoms with Crippen LogP contribution in [-0.2, 0) is 13.1 Å². The second kappa shape index (κ2) is 9.60. The lowest BCUT2D eigenvalue weighted by atomic mass is 10.1. The van der Waals surface area contributed by atoms with Crippen LogP contribution in [-0.4, -0.2) is 33.0 Å². The summed E-state index contributed by atoms with van der Waals surface area (Å²) in [4.78, 5) is 15.3. The quantitative estimate of drug-likeness (QED) is 0.371. The van der Waals surface area contributed by atoms with Crippen molar-refractivity contribution in [2.24, 2.45) is 0 Å². The molecule has 0 fully saturated rings. The van der Waals surface area contributed by atoms with Crippen molar-refractivity contribution in [2.45, 2.75) is 13.1 Å². The van der Waals surface area contributed by atoms with Gasteiger partial charge in [0, 0.05) is 13.1 Å². The van der Waals surface area contributed by atoms with Crippen LogP contribution in [0, 0.1) is 0 Å². The lowest BCUT2D eigenvalue weighted by molar-refractivity contribution is 0.0889. The fourth-order valence-electron chi connectivity index (χ4n) is 4.12. The monoisotopic (exact) mass is 475 g/mol. The van der Waals surface area contributed by atoms with E-state index in [2.05, 4.69) is 4.90 Å². The molecule has 8 heteroatoms. The Morgan fingerprint density at radius 2 is 1.63 bits per heavy atom. The van der Waals surface area contributed by atoms with E-state index in [9.17, 15) is 4.79 Å². The first-order valence-electron chi connectivity index (χ1n) is 11.0. The van der Waals surface area contributed by atoms with Gasteiger partial charge in [-0.1, -0.05) is 6.07 Å². The van der Waals surface area contributed by atoms with Gasteiger partial charge in [0.2, 0.25) is 11.2 Å². The minimum absolute atomic E-state index is 0.113. The van der Waals surface area contributed by atoms with Gasteiger partial charge in [-0.05, 0) is 54.1 Å². The van der Waals surface area contributed by atoms with Crippen LogP contribution in [0.3, 0.4) is 0 Å². The van der Waals surface area contributed by atoms with E-state index in [1.54, 1.807) is 57.7 Å². The number of fused-ring (bicyclic) bond motifs is 3. The summed E-state index contributed by atoms with van der Waals surface area (Å²) in [6, 6.07) is 16.3. The van der Waals surface area contributed by atoms with E-state index in [-0.39, 0.29) is 11.2 Å². The van der Waals surface area contributed by atoms with Crippen LogP contribution in [0.2, 0.25) is 0 Å². The van der Waals surface area contributed by atoms with Gasteiger partial charge in [-0.15, -0.1) is 0 Å². The van der Waals surface area contributed by atoms with Crippen LogP contribution in [0.4, 0.5) is 0 Å². The molecular weight excluding hydrogens is 450 g/mol. The molecular formula is C27H25NO7. The summed E-state index contributed by atoms with van der Waals surface area (Å²) in [5, 5.41) is 0.436. The molecule has 0 amide bonds. The van der Waals surface area contributed by atoms with Crippen LogP contribution >= 0.6 is 0 Å². The molecule has 0 N–H and O–H groups in total. The van der Waals surface area contributed by atoms with Gasteiger partial charge in [0.1, 0.15) is 35.8 Å². The Morgan fingerprint density at radius 3 is 2.37 bits per heavy atom. The number of hydrogen-bond acceptors (Lipinski definition) is 8. The van der Waals surface area contributed by atoms with Crippen LogP contribution in [0.15, 0.2) is 70.1 Å². The number of hydrogen-bond donors (Lipinski definition) is 0. The smallest absolute Gasteiger partial charge is 0.235 e. The molecule has 0 atom stereocenters. The van der Waals surface area contributed by atoms with Crippen LogP contribution < -0.4 is 29.1 Å². The number of methoxy groups -OCH3 is 3. The Bertz CT molecular complexity index is 1410. The van der Waals surface area contributed by atoms with Gasteiger partial charge in [-0.3, -0.25) is 9.69 Å². The standard InChI is InChI=1S/C27H25NO7/c1-30-18-5-7-19(8-6-18)35-25-15-33-27-20(26(25)29)9-11-22-21(27)14-28(16-34-22)13-17-4-10-23(31-2)24(12-17)32-3/h4-12,15H,13-14,16H2,1-3H3. The molecule has 1 aliphatic rings. The van der Waals surface area contributed by atoms with Crippen molar-refractivity contribution < 1.29 is 28.1 Å². The maximum atomic E-state index is 13.2. The summed E-state index contributed by atoms with van der Waals surface area (Å²) in [5.74, 6) is 3.38. The summed E-state index contributed by atoms with van der Waals surface area (Å²) in [5.41, 5.74) is 2.11. The molecule has 0 radical (unpaired) electrons. The predicted molar refractivity (Wildman–Crippen MR) is 130 cm³/mol. The molecule has 0 saturated carbocycles. The topological polar surface area (TPSA) is 79.6 Å². The van der Waals surface area contributed by atoms with Crippen molar-refractivity contribution >= 4 is 11.0 Å². The highest BCUT2D eigenvalue weighted by Crippen LogP contribution is 2.34. The van der Waals surface area contributed by atoms with Crippen molar-refractivity contribution in [2.75, 3.05) is 28.1 Å². The largest absolute Gasteiger partial charge is 0.497 e. The van der Waals surface area contributed by atoms with Gasteiger partial charge in [0.25, 0.3) is 0 Å². The zero-order valence-electron chi connectivity index (χ0n) is 19.7. The summed E-state index contributed by atoms with van der Waals surface area (Å²) in [6.45, 7) is 1.59. The number of nitrogens with zero attached hydrogens (tertiary/aromatic N) is 1. The molecule has 0 aliphatic carbocycles. The second-order valence-electron chi connectivity index (χ2n) is 8.08. The lowest BCUT2D eigenvalue weighted by Crippen LogP contribution is -2.31. The molecule has 0 bridgehead atoms. The molecule has 0 spiro atoms. The van der Waals surface area contributed by atoms with Crippen LogP contribution in [0.25, 0.3) is 11.0 Å². The first kappa shape index (κ1) is 22.6. The van der Waals surface area contributed by atoms with Crippen molar-refractivity contribution in [3.8, 4) is 34.5 Å². The fraction of sp³-hybridized carbons (Fsp3) is 0.222. The average Bonchev–Trinajstić information content (AvgIpc) is 2.90. The molecule has 2 heterocycles. The Labute approximate surface area is 202 Å². The first-order valence-corrected chi connectivity index (χ1v) is 11.0. The van der Waals surface area contributed by atoms with E-state index in [1.165, 1.54) is 6.26 Å². The predicted octanol–water partition coefficient (Wildman–Crippen LogP) is 4.96. The van der Waals surface area contributed by atoms with Crippen molar-refractivity contribution in [3.05, 3.63) is 82.2 Å². The Hall–Kier alpha value is -4.17. The summed E-state index contributed by atoms with van der Waals surface area (Å²) in [7, 11) is 4.81. The summed E-state index contributed by atoms with van der Waals surface area (Å²) < 4.78 is 33.6. The van der Waals surface area contributed by atoms with E-state index in [0.717, 1.165) is 11.1 Å².